The molecule has 1 saturated heterocycles. The lowest BCUT2D eigenvalue weighted by atomic mass is 10.2. The normalized spacial score (nSPS) is 18.1. The number of rotatable bonds is 6. The topological polar surface area (TPSA) is 93.3 Å². The van der Waals surface area contributed by atoms with Crippen LogP contribution in [0.15, 0.2) is 12.3 Å². The molecule has 1 atom stereocenters. The largest absolute Gasteiger partial charge is 0.389 e. The van der Waals surface area contributed by atoms with Gasteiger partial charge in [-0.1, -0.05) is 6.92 Å². The summed E-state index contributed by atoms with van der Waals surface area (Å²) in [5, 5.41) is 17.6. The number of amides is 1. The summed E-state index contributed by atoms with van der Waals surface area (Å²) in [4.78, 5) is 24.2. The van der Waals surface area contributed by atoms with E-state index in [4.69, 9.17) is 0 Å². The molecule has 2 heterocycles. The molecule has 20 heavy (non-hydrogen) atoms. The first-order valence-electron chi connectivity index (χ1n) is 6.80. The minimum absolute atomic E-state index is 0.0430. The standard InChI is InChI=1S/C12H19N5O3/c1-2-6-16(10-3-5-13-8-10)12(18)9-15-7-4-11(14-15)17(19)20/h4,7,10,13H,2-3,5-6,8-9H2,1H3. The fraction of sp³-hybridized carbons (Fsp3) is 0.667. The van der Waals surface area contributed by atoms with Crippen molar-refractivity contribution in [2.75, 3.05) is 19.6 Å². The molecule has 0 aromatic carbocycles. The van der Waals surface area contributed by atoms with Crippen molar-refractivity contribution in [3.63, 3.8) is 0 Å². The van der Waals surface area contributed by atoms with Crippen molar-refractivity contribution in [3.05, 3.63) is 22.4 Å². The summed E-state index contributed by atoms with van der Waals surface area (Å²) < 4.78 is 1.32. The molecule has 2 rings (SSSR count). The molecule has 1 unspecified atom stereocenters. The Morgan fingerprint density at radius 2 is 2.50 bits per heavy atom. The zero-order valence-electron chi connectivity index (χ0n) is 11.5. The molecule has 1 aliphatic heterocycles. The first-order chi connectivity index (χ1) is 9.61. The van der Waals surface area contributed by atoms with Crippen molar-refractivity contribution in [1.29, 1.82) is 0 Å². The van der Waals surface area contributed by atoms with E-state index < -0.39 is 4.92 Å². The van der Waals surface area contributed by atoms with Gasteiger partial charge in [-0.3, -0.25) is 4.79 Å². The van der Waals surface area contributed by atoms with E-state index in [2.05, 4.69) is 10.4 Å². The lowest BCUT2D eigenvalue weighted by Crippen LogP contribution is -2.43. The van der Waals surface area contributed by atoms with Gasteiger partial charge in [0.25, 0.3) is 0 Å². The highest BCUT2D eigenvalue weighted by molar-refractivity contribution is 5.76. The van der Waals surface area contributed by atoms with Gasteiger partial charge in [-0.05, 0) is 24.3 Å². The summed E-state index contributed by atoms with van der Waals surface area (Å²) in [5.41, 5.74) is 0. The van der Waals surface area contributed by atoms with Crippen molar-refractivity contribution < 1.29 is 9.72 Å². The quantitative estimate of drug-likeness (QED) is 0.601. The van der Waals surface area contributed by atoms with Gasteiger partial charge in [0.2, 0.25) is 5.91 Å². The molecule has 1 aromatic heterocycles. The van der Waals surface area contributed by atoms with Crippen molar-refractivity contribution in [1.82, 2.24) is 20.0 Å². The van der Waals surface area contributed by atoms with E-state index in [1.54, 1.807) is 0 Å². The number of hydrogen-bond donors (Lipinski definition) is 1. The van der Waals surface area contributed by atoms with Crippen LogP contribution in [-0.2, 0) is 11.3 Å². The number of hydrogen-bond acceptors (Lipinski definition) is 5. The molecule has 8 heteroatoms. The molecule has 1 amide bonds. The molecule has 1 aliphatic rings. The van der Waals surface area contributed by atoms with Gasteiger partial charge >= 0.3 is 5.82 Å². The van der Waals surface area contributed by atoms with Gasteiger partial charge < -0.3 is 20.3 Å². The Balaban J connectivity index is 2.01. The fourth-order valence-electron chi connectivity index (χ4n) is 2.42. The van der Waals surface area contributed by atoms with Gasteiger partial charge in [0.15, 0.2) is 0 Å². The van der Waals surface area contributed by atoms with E-state index in [-0.39, 0.29) is 24.3 Å². The molecule has 0 spiro atoms. The summed E-state index contributed by atoms with van der Waals surface area (Å²) in [6, 6.07) is 1.52. The average molecular weight is 281 g/mol. The van der Waals surface area contributed by atoms with Crippen LogP contribution in [0.25, 0.3) is 0 Å². The van der Waals surface area contributed by atoms with Gasteiger partial charge in [-0.25, -0.2) is 0 Å². The van der Waals surface area contributed by atoms with Crippen LogP contribution in [-0.4, -0.2) is 51.2 Å². The second-order valence-electron chi connectivity index (χ2n) is 4.86. The predicted molar refractivity (Wildman–Crippen MR) is 72.2 cm³/mol. The minimum Gasteiger partial charge on any atom is -0.358 e. The lowest BCUT2D eigenvalue weighted by molar-refractivity contribution is -0.389. The highest BCUT2D eigenvalue weighted by Crippen LogP contribution is 2.11. The van der Waals surface area contributed by atoms with Crippen LogP contribution in [0.4, 0.5) is 5.82 Å². The van der Waals surface area contributed by atoms with E-state index in [1.165, 1.54) is 16.9 Å². The minimum atomic E-state index is -0.564. The molecular formula is C12H19N5O3. The van der Waals surface area contributed by atoms with E-state index in [1.807, 2.05) is 11.8 Å². The molecule has 0 bridgehead atoms. The maximum absolute atomic E-state index is 12.3. The van der Waals surface area contributed by atoms with Crippen LogP contribution in [0.2, 0.25) is 0 Å². The van der Waals surface area contributed by atoms with Crippen LogP contribution in [0.1, 0.15) is 19.8 Å². The Morgan fingerprint density at radius 3 is 3.05 bits per heavy atom. The SMILES string of the molecule is CCCN(C(=O)Cn1ccc([N+](=O)[O-])n1)C1CCNC1. The van der Waals surface area contributed by atoms with Gasteiger partial charge in [0.1, 0.15) is 6.54 Å². The molecule has 0 aliphatic carbocycles. The maximum Gasteiger partial charge on any atom is 0.389 e. The number of nitro groups is 1. The van der Waals surface area contributed by atoms with E-state index in [0.29, 0.717) is 6.54 Å². The Kier molecular flexibility index (Phi) is 4.67. The molecule has 8 nitrogen and oxygen atoms in total. The van der Waals surface area contributed by atoms with E-state index in [9.17, 15) is 14.9 Å². The lowest BCUT2D eigenvalue weighted by Gasteiger charge is -2.27. The second-order valence-corrected chi connectivity index (χ2v) is 4.86. The fourth-order valence-corrected chi connectivity index (χ4v) is 2.42. The van der Waals surface area contributed by atoms with Crippen molar-refractivity contribution in [2.45, 2.75) is 32.4 Å². The molecule has 1 N–H and O–H groups in total. The Labute approximate surface area is 116 Å². The Bertz CT molecular complexity index is 481. The van der Waals surface area contributed by atoms with Crippen LogP contribution in [0.3, 0.4) is 0 Å². The summed E-state index contributed by atoms with van der Waals surface area (Å²) in [6.45, 7) is 4.51. The maximum atomic E-state index is 12.3. The third-order valence-corrected chi connectivity index (χ3v) is 3.37. The highest BCUT2D eigenvalue weighted by Gasteiger charge is 2.26. The van der Waals surface area contributed by atoms with Crippen molar-refractivity contribution >= 4 is 11.7 Å². The molecular weight excluding hydrogens is 262 g/mol. The van der Waals surface area contributed by atoms with Crippen molar-refractivity contribution in [3.8, 4) is 0 Å². The Hall–Kier alpha value is -1.96. The molecule has 110 valence electrons. The summed E-state index contributed by atoms with van der Waals surface area (Å²) in [7, 11) is 0. The number of nitrogens with one attached hydrogen (secondary N) is 1. The monoisotopic (exact) mass is 281 g/mol. The first kappa shape index (κ1) is 14.4. The van der Waals surface area contributed by atoms with Crippen LogP contribution in [0.5, 0.6) is 0 Å². The average Bonchev–Trinajstić information content (AvgIpc) is 3.06. The number of nitrogens with zero attached hydrogens (tertiary/aromatic N) is 4. The second kappa shape index (κ2) is 6.47. The van der Waals surface area contributed by atoms with E-state index >= 15 is 0 Å². The number of carbonyl (C=O) groups is 1. The zero-order chi connectivity index (χ0) is 14.5. The summed E-state index contributed by atoms with van der Waals surface area (Å²) in [5.74, 6) is -0.277. The smallest absolute Gasteiger partial charge is 0.358 e. The van der Waals surface area contributed by atoms with Gasteiger partial charge in [-0.15, -0.1) is 0 Å². The van der Waals surface area contributed by atoms with E-state index in [0.717, 1.165) is 25.9 Å². The summed E-state index contributed by atoms with van der Waals surface area (Å²) >= 11 is 0. The third kappa shape index (κ3) is 3.32. The van der Waals surface area contributed by atoms with Gasteiger partial charge in [0, 0.05) is 19.1 Å². The third-order valence-electron chi connectivity index (χ3n) is 3.37. The zero-order valence-corrected chi connectivity index (χ0v) is 11.5. The number of carbonyl (C=O) groups excluding carboxylic acids is 1. The van der Waals surface area contributed by atoms with Crippen LogP contribution >= 0.6 is 0 Å². The van der Waals surface area contributed by atoms with Gasteiger partial charge in [-0.2, -0.15) is 4.68 Å². The number of aromatic nitrogens is 2. The summed E-state index contributed by atoms with van der Waals surface area (Å²) in [6.07, 6.45) is 3.31. The molecule has 1 fully saturated rings. The predicted octanol–water partition coefficient (Wildman–Crippen LogP) is 0.392. The Morgan fingerprint density at radius 1 is 1.70 bits per heavy atom. The molecule has 0 saturated carbocycles. The van der Waals surface area contributed by atoms with Gasteiger partial charge in [0.05, 0.1) is 17.4 Å². The first-order valence-corrected chi connectivity index (χ1v) is 6.80. The highest BCUT2D eigenvalue weighted by atomic mass is 16.6. The van der Waals surface area contributed by atoms with Crippen LogP contribution < -0.4 is 5.32 Å². The van der Waals surface area contributed by atoms with Crippen molar-refractivity contribution in [2.24, 2.45) is 0 Å². The van der Waals surface area contributed by atoms with Crippen LogP contribution in [0, 0.1) is 10.1 Å². The molecule has 0 radical (unpaired) electrons. The molecule has 1 aromatic rings.